The summed E-state index contributed by atoms with van der Waals surface area (Å²) in [7, 11) is 3.34. The normalized spacial score (nSPS) is 12.9. The molecule has 6 rings (SSSR count). The lowest BCUT2D eigenvalue weighted by molar-refractivity contribution is 0.0998. The highest BCUT2D eigenvalue weighted by molar-refractivity contribution is 6.15. The topological polar surface area (TPSA) is 93.9 Å². The maximum Gasteiger partial charge on any atom is 0.256 e. The first-order valence-corrected chi connectivity index (χ1v) is 14.7. The first-order valence-electron chi connectivity index (χ1n) is 14.7. The van der Waals surface area contributed by atoms with Gasteiger partial charge in [0.25, 0.3) is 5.91 Å². The fourth-order valence-electron chi connectivity index (χ4n) is 6.05. The van der Waals surface area contributed by atoms with Crippen molar-refractivity contribution in [3.05, 3.63) is 125 Å². The molecule has 0 unspecified atom stereocenters. The fraction of sp³-hybridized carbons (Fsp3) is 0.189. The second-order valence-corrected chi connectivity index (χ2v) is 11.0. The van der Waals surface area contributed by atoms with E-state index in [0.717, 1.165) is 54.7 Å². The summed E-state index contributed by atoms with van der Waals surface area (Å²) in [5.41, 5.74) is 12.5. The van der Waals surface area contributed by atoms with Crippen LogP contribution in [-0.4, -0.2) is 44.0 Å². The van der Waals surface area contributed by atoms with Crippen molar-refractivity contribution in [3.63, 3.8) is 0 Å². The fourth-order valence-corrected chi connectivity index (χ4v) is 6.05. The molecule has 7 nitrogen and oxygen atoms in total. The Morgan fingerprint density at radius 3 is 2.27 bits per heavy atom. The monoisotopic (exact) mass is 585 g/mol. The zero-order chi connectivity index (χ0) is 30.6. The number of nitrogens with one attached hydrogen (secondary N) is 1. The molecule has 2 amide bonds. The lowest BCUT2D eigenvalue weighted by Gasteiger charge is -2.29. The minimum atomic E-state index is -0.531. The third-order valence-corrected chi connectivity index (χ3v) is 8.36. The number of fused-ring (bicyclic) bond motifs is 2. The maximum absolute atomic E-state index is 13.5. The van der Waals surface area contributed by atoms with E-state index in [2.05, 4.69) is 34.5 Å². The molecule has 5 aromatic carbocycles. The van der Waals surface area contributed by atoms with E-state index in [0.29, 0.717) is 27.9 Å². The predicted octanol–water partition coefficient (Wildman–Crippen LogP) is 6.48. The number of carbonyl (C=O) groups excluding carboxylic acids is 2. The molecular formula is C37H35N3O4. The minimum absolute atomic E-state index is 0.254. The van der Waals surface area contributed by atoms with Crippen LogP contribution in [0, 0.1) is 0 Å². The van der Waals surface area contributed by atoms with E-state index in [-0.39, 0.29) is 5.91 Å². The van der Waals surface area contributed by atoms with Gasteiger partial charge in [0, 0.05) is 30.9 Å². The number of carbonyl (C=O) groups is 2. The molecule has 0 spiro atoms. The minimum Gasteiger partial charge on any atom is -0.493 e. The molecule has 0 radical (unpaired) electrons. The van der Waals surface area contributed by atoms with Crippen LogP contribution in [-0.2, 0) is 19.4 Å². The molecule has 7 heteroatoms. The molecule has 0 aromatic heterocycles. The van der Waals surface area contributed by atoms with Crippen molar-refractivity contribution >= 4 is 28.3 Å². The summed E-state index contributed by atoms with van der Waals surface area (Å²) in [6.45, 7) is 2.80. The van der Waals surface area contributed by atoms with Crippen LogP contribution in [0.4, 0.5) is 5.69 Å². The number of benzene rings is 5. The van der Waals surface area contributed by atoms with Crippen LogP contribution in [0.3, 0.4) is 0 Å². The Bertz CT molecular complexity index is 1850. The number of hydrogen-bond acceptors (Lipinski definition) is 5. The van der Waals surface area contributed by atoms with E-state index >= 15 is 0 Å². The van der Waals surface area contributed by atoms with Crippen molar-refractivity contribution in [2.45, 2.75) is 19.4 Å². The summed E-state index contributed by atoms with van der Waals surface area (Å²) in [5.74, 6) is 0.755. The number of anilines is 1. The van der Waals surface area contributed by atoms with Gasteiger partial charge in [-0.05, 0) is 81.8 Å². The van der Waals surface area contributed by atoms with Crippen molar-refractivity contribution in [1.82, 2.24) is 4.90 Å². The van der Waals surface area contributed by atoms with Gasteiger partial charge < -0.3 is 20.5 Å². The molecule has 0 fully saturated rings. The molecule has 1 aliphatic rings. The van der Waals surface area contributed by atoms with Crippen LogP contribution >= 0.6 is 0 Å². The Kier molecular flexibility index (Phi) is 8.30. The van der Waals surface area contributed by atoms with Gasteiger partial charge in [0.15, 0.2) is 11.5 Å². The van der Waals surface area contributed by atoms with Gasteiger partial charge in [-0.3, -0.25) is 14.5 Å². The number of methoxy groups -OCH3 is 2. The first kappa shape index (κ1) is 29.0. The molecule has 0 bridgehead atoms. The lowest BCUT2D eigenvalue weighted by atomic mass is 9.91. The Morgan fingerprint density at radius 1 is 0.818 bits per heavy atom. The SMILES string of the molecule is COc1cc2c(cc1OC)CN(CCc1ccc(NC(=O)c3ccccc3-c3ccc4ccccc4c3C(N)=O)cc1)CC2. The summed E-state index contributed by atoms with van der Waals surface area (Å²) in [6, 6.07) is 30.9. The van der Waals surface area contributed by atoms with Gasteiger partial charge >= 0.3 is 0 Å². The molecule has 0 aliphatic carbocycles. The second kappa shape index (κ2) is 12.6. The van der Waals surface area contributed by atoms with Crippen molar-refractivity contribution in [3.8, 4) is 22.6 Å². The Hall–Kier alpha value is -5.14. The van der Waals surface area contributed by atoms with Crippen molar-refractivity contribution in [2.75, 3.05) is 32.6 Å². The van der Waals surface area contributed by atoms with E-state index in [1.807, 2.05) is 66.7 Å². The largest absolute Gasteiger partial charge is 0.493 e. The molecule has 0 saturated heterocycles. The van der Waals surface area contributed by atoms with Crippen molar-refractivity contribution < 1.29 is 19.1 Å². The summed E-state index contributed by atoms with van der Waals surface area (Å²) < 4.78 is 11.0. The number of amides is 2. The number of hydrogen-bond donors (Lipinski definition) is 2. The smallest absolute Gasteiger partial charge is 0.256 e. The van der Waals surface area contributed by atoms with Gasteiger partial charge in [0.2, 0.25) is 5.91 Å². The number of primary amides is 1. The van der Waals surface area contributed by atoms with Crippen LogP contribution in [0.5, 0.6) is 11.5 Å². The first-order chi connectivity index (χ1) is 21.4. The van der Waals surface area contributed by atoms with Gasteiger partial charge in [-0.2, -0.15) is 0 Å². The number of rotatable bonds is 9. The van der Waals surface area contributed by atoms with Crippen LogP contribution in [0.15, 0.2) is 97.1 Å². The molecule has 0 saturated carbocycles. The van der Waals surface area contributed by atoms with Crippen LogP contribution in [0.25, 0.3) is 21.9 Å². The molecule has 5 aromatic rings. The Morgan fingerprint density at radius 2 is 1.52 bits per heavy atom. The van der Waals surface area contributed by atoms with Crippen molar-refractivity contribution in [2.24, 2.45) is 5.73 Å². The Balaban J connectivity index is 1.14. The third-order valence-electron chi connectivity index (χ3n) is 8.36. The summed E-state index contributed by atoms with van der Waals surface area (Å²) >= 11 is 0. The molecular weight excluding hydrogens is 550 g/mol. The zero-order valence-electron chi connectivity index (χ0n) is 24.9. The predicted molar refractivity (Wildman–Crippen MR) is 175 cm³/mol. The van der Waals surface area contributed by atoms with Gasteiger partial charge in [-0.25, -0.2) is 0 Å². The van der Waals surface area contributed by atoms with Crippen LogP contribution in [0.1, 0.15) is 37.4 Å². The second-order valence-electron chi connectivity index (χ2n) is 11.0. The average Bonchev–Trinajstić information content (AvgIpc) is 3.06. The summed E-state index contributed by atoms with van der Waals surface area (Å²) in [5, 5.41) is 4.71. The molecule has 0 atom stereocenters. The van der Waals surface area contributed by atoms with Crippen LogP contribution < -0.4 is 20.5 Å². The highest BCUT2D eigenvalue weighted by atomic mass is 16.5. The van der Waals surface area contributed by atoms with Gasteiger partial charge in [-0.1, -0.05) is 66.7 Å². The van der Waals surface area contributed by atoms with E-state index in [9.17, 15) is 9.59 Å². The highest BCUT2D eigenvalue weighted by Gasteiger charge is 2.21. The van der Waals surface area contributed by atoms with E-state index in [1.54, 1.807) is 20.3 Å². The highest BCUT2D eigenvalue weighted by Crippen LogP contribution is 2.34. The number of nitrogens with zero attached hydrogens (tertiary/aromatic N) is 1. The van der Waals surface area contributed by atoms with Gasteiger partial charge in [-0.15, -0.1) is 0 Å². The summed E-state index contributed by atoms with van der Waals surface area (Å²) in [6.07, 6.45) is 1.87. The summed E-state index contributed by atoms with van der Waals surface area (Å²) in [4.78, 5) is 28.5. The van der Waals surface area contributed by atoms with E-state index in [1.165, 1.54) is 16.7 Å². The molecule has 1 heterocycles. The molecule has 3 N–H and O–H groups in total. The third kappa shape index (κ3) is 5.87. The standard InChI is InChI=1S/C37H35N3O4/c1-43-33-21-26-18-20-40(23-27(26)22-34(33)44-2)19-17-24-11-14-28(15-12-24)39-37(42)32-10-6-5-9-30(32)31-16-13-25-7-3-4-8-29(25)35(31)36(38)41/h3-16,21-22H,17-20,23H2,1-2H3,(H2,38,41)(H,39,42). The maximum atomic E-state index is 13.5. The molecule has 44 heavy (non-hydrogen) atoms. The van der Waals surface area contributed by atoms with E-state index in [4.69, 9.17) is 15.2 Å². The average molecular weight is 586 g/mol. The quantitative estimate of drug-likeness (QED) is 0.207. The Labute approximate surface area is 257 Å². The van der Waals surface area contributed by atoms with E-state index < -0.39 is 5.91 Å². The molecule has 222 valence electrons. The van der Waals surface area contributed by atoms with Crippen molar-refractivity contribution in [1.29, 1.82) is 0 Å². The number of ether oxygens (including phenoxy) is 2. The zero-order valence-corrected chi connectivity index (χ0v) is 24.9. The van der Waals surface area contributed by atoms with Gasteiger partial charge in [0.05, 0.1) is 19.8 Å². The molecule has 1 aliphatic heterocycles. The number of nitrogens with two attached hydrogens (primary N) is 1. The lowest BCUT2D eigenvalue weighted by Crippen LogP contribution is -2.32. The van der Waals surface area contributed by atoms with Crippen LogP contribution in [0.2, 0.25) is 0 Å². The van der Waals surface area contributed by atoms with Gasteiger partial charge in [0.1, 0.15) is 0 Å².